The number of aliphatic hydroxyl groups is 1. The molecule has 1 aromatic carbocycles. The number of amides is 2. The average molecular weight is 331 g/mol. The van der Waals surface area contributed by atoms with Crippen LogP contribution in [0.1, 0.15) is 31.2 Å². The largest absolute Gasteiger partial charge is 0.396 e. The standard InChI is InChI=1S/C15H20Cl2N2O2/c16-12-4-3-11(14(17)9-12)10-18-15(21)19(13-5-6-13)7-1-2-8-20/h3-4,9,13,20H,1-2,5-8,10H2,(H,18,21). The molecule has 21 heavy (non-hydrogen) atoms. The summed E-state index contributed by atoms with van der Waals surface area (Å²) in [5.74, 6) is 0. The second-order valence-corrected chi connectivity index (χ2v) is 6.09. The van der Waals surface area contributed by atoms with Gasteiger partial charge in [0.05, 0.1) is 0 Å². The molecule has 1 aromatic rings. The lowest BCUT2D eigenvalue weighted by molar-refractivity contribution is 0.190. The number of halogens is 2. The van der Waals surface area contributed by atoms with Crippen LogP contribution in [0, 0.1) is 0 Å². The number of unbranched alkanes of at least 4 members (excludes halogenated alkanes) is 1. The van der Waals surface area contributed by atoms with E-state index in [1.54, 1.807) is 12.1 Å². The molecule has 0 heterocycles. The lowest BCUT2D eigenvalue weighted by atomic mass is 10.2. The zero-order chi connectivity index (χ0) is 15.2. The van der Waals surface area contributed by atoms with Crippen molar-refractivity contribution in [2.45, 2.75) is 38.3 Å². The Bertz CT molecular complexity index is 493. The number of nitrogens with zero attached hydrogens (tertiary/aromatic N) is 1. The summed E-state index contributed by atoms with van der Waals surface area (Å²) in [5, 5.41) is 12.9. The fourth-order valence-electron chi connectivity index (χ4n) is 2.17. The third-order valence-corrected chi connectivity index (χ3v) is 4.09. The number of urea groups is 1. The highest BCUT2D eigenvalue weighted by atomic mass is 35.5. The van der Waals surface area contributed by atoms with Crippen molar-refractivity contribution in [3.63, 3.8) is 0 Å². The molecule has 0 spiro atoms. The van der Waals surface area contributed by atoms with Gasteiger partial charge in [-0.05, 0) is 43.4 Å². The first kappa shape index (κ1) is 16.4. The van der Waals surface area contributed by atoms with Crippen molar-refractivity contribution in [2.75, 3.05) is 13.2 Å². The van der Waals surface area contributed by atoms with Crippen LogP contribution in [0.25, 0.3) is 0 Å². The number of carbonyl (C=O) groups excluding carboxylic acids is 1. The molecule has 6 heteroatoms. The summed E-state index contributed by atoms with van der Waals surface area (Å²) < 4.78 is 0. The highest BCUT2D eigenvalue weighted by Crippen LogP contribution is 2.27. The highest BCUT2D eigenvalue weighted by molar-refractivity contribution is 6.35. The molecule has 1 fully saturated rings. The molecule has 0 aromatic heterocycles. The predicted octanol–water partition coefficient (Wildman–Crippen LogP) is 3.44. The smallest absolute Gasteiger partial charge is 0.317 e. The summed E-state index contributed by atoms with van der Waals surface area (Å²) in [5.41, 5.74) is 0.848. The minimum atomic E-state index is -0.0681. The van der Waals surface area contributed by atoms with Crippen LogP contribution < -0.4 is 5.32 Å². The molecular weight excluding hydrogens is 311 g/mol. The summed E-state index contributed by atoms with van der Waals surface area (Å²) in [6, 6.07) is 5.53. The van der Waals surface area contributed by atoms with Gasteiger partial charge >= 0.3 is 6.03 Å². The topological polar surface area (TPSA) is 52.6 Å². The minimum Gasteiger partial charge on any atom is -0.396 e. The number of hydrogen-bond donors (Lipinski definition) is 2. The van der Waals surface area contributed by atoms with Gasteiger partial charge < -0.3 is 15.3 Å². The van der Waals surface area contributed by atoms with Crippen molar-refractivity contribution in [3.05, 3.63) is 33.8 Å². The third kappa shape index (κ3) is 5.06. The molecule has 2 rings (SSSR count). The van der Waals surface area contributed by atoms with Crippen LogP contribution in [0.4, 0.5) is 4.79 Å². The third-order valence-electron chi connectivity index (χ3n) is 3.50. The van der Waals surface area contributed by atoms with Gasteiger partial charge in [-0.15, -0.1) is 0 Å². The van der Waals surface area contributed by atoms with Gasteiger partial charge in [-0.25, -0.2) is 4.79 Å². The van der Waals surface area contributed by atoms with Gasteiger partial charge in [0.1, 0.15) is 0 Å². The maximum Gasteiger partial charge on any atom is 0.317 e. The summed E-state index contributed by atoms with van der Waals surface area (Å²) in [6.45, 7) is 1.24. The van der Waals surface area contributed by atoms with Gasteiger partial charge in [-0.2, -0.15) is 0 Å². The molecular formula is C15H20Cl2N2O2. The maximum absolute atomic E-state index is 12.3. The molecule has 0 radical (unpaired) electrons. The number of hydrogen-bond acceptors (Lipinski definition) is 2. The van der Waals surface area contributed by atoms with E-state index < -0.39 is 0 Å². The van der Waals surface area contributed by atoms with E-state index in [-0.39, 0.29) is 12.6 Å². The molecule has 1 aliphatic rings. The van der Waals surface area contributed by atoms with E-state index in [2.05, 4.69) is 5.32 Å². The zero-order valence-electron chi connectivity index (χ0n) is 11.8. The Morgan fingerprint density at radius 2 is 2.10 bits per heavy atom. The Hall–Kier alpha value is -0.970. The van der Waals surface area contributed by atoms with Gasteiger partial charge in [0, 0.05) is 35.8 Å². The van der Waals surface area contributed by atoms with Crippen LogP contribution in [-0.4, -0.2) is 35.2 Å². The Kier molecular flexibility index (Phi) is 6.15. The quantitative estimate of drug-likeness (QED) is 0.752. The lowest BCUT2D eigenvalue weighted by Crippen LogP contribution is -2.41. The average Bonchev–Trinajstić information content (AvgIpc) is 3.27. The van der Waals surface area contributed by atoms with Gasteiger partial charge in [0.25, 0.3) is 0 Å². The Balaban J connectivity index is 1.86. The fraction of sp³-hybridized carbons (Fsp3) is 0.533. The van der Waals surface area contributed by atoms with Gasteiger partial charge in [-0.3, -0.25) is 0 Å². The van der Waals surface area contributed by atoms with Crippen LogP contribution in [-0.2, 0) is 6.54 Å². The molecule has 0 aliphatic heterocycles. The van der Waals surface area contributed by atoms with Crippen LogP contribution >= 0.6 is 23.2 Å². The number of nitrogens with one attached hydrogen (secondary N) is 1. The van der Waals surface area contributed by atoms with Crippen molar-refractivity contribution >= 4 is 29.2 Å². The zero-order valence-corrected chi connectivity index (χ0v) is 13.3. The van der Waals surface area contributed by atoms with Crippen molar-refractivity contribution in [1.82, 2.24) is 10.2 Å². The number of carbonyl (C=O) groups is 1. The first-order valence-corrected chi connectivity index (χ1v) is 7.96. The molecule has 0 unspecified atom stereocenters. The number of aliphatic hydroxyl groups excluding tert-OH is 1. The Morgan fingerprint density at radius 1 is 1.33 bits per heavy atom. The van der Waals surface area contributed by atoms with E-state index in [4.69, 9.17) is 28.3 Å². The molecule has 116 valence electrons. The highest BCUT2D eigenvalue weighted by Gasteiger charge is 2.31. The second kappa shape index (κ2) is 7.87. The second-order valence-electron chi connectivity index (χ2n) is 5.25. The lowest BCUT2D eigenvalue weighted by Gasteiger charge is -2.23. The predicted molar refractivity (Wildman–Crippen MR) is 84.7 cm³/mol. The number of benzene rings is 1. The first-order valence-electron chi connectivity index (χ1n) is 7.21. The summed E-state index contributed by atoms with van der Waals surface area (Å²) in [6.07, 6.45) is 3.67. The van der Waals surface area contributed by atoms with Crippen molar-refractivity contribution < 1.29 is 9.90 Å². The summed E-state index contributed by atoms with van der Waals surface area (Å²) in [4.78, 5) is 14.1. The van der Waals surface area contributed by atoms with Gasteiger partial charge in [-0.1, -0.05) is 29.3 Å². The molecule has 2 N–H and O–H groups in total. The summed E-state index contributed by atoms with van der Waals surface area (Å²) in [7, 11) is 0. The van der Waals surface area contributed by atoms with Crippen LogP contribution in [0.5, 0.6) is 0 Å². The molecule has 4 nitrogen and oxygen atoms in total. The van der Waals surface area contributed by atoms with Crippen LogP contribution in [0.3, 0.4) is 0 Å². The molecule has 0 atom stereocenters. The van der Waals surface area contributed by atoms with E-state index in [0.29, 0.717) is 29.2 Å². The van der Waals surface area contributed by atoms with E-state index in [1.807, 2.05) is 11.0 Å². The number of rotatable bonds is 7. The van der Waals surface area contributed by atoms with Crippen molar-refractivity contribution in [3.8, 4) is 0 Å². The first-order chi connectivity index (χ1) is 10.1. The monoisotopic (exact) mass is 330 g/mol. The Labute approximate surface area is 135 Å². The molecule has 0 saturated heterocycles. The summed E-state index contributed by atoms with van der Waals surface area (Å²) >= 11 is 11.9. The van der Waals surface area contributed by atoms with E-state index in [1.165, 1.54) is 0 Å². The van der Waals surface area contributed by atoms with E-state index in [0.717, 1.165) is 31.2 Å². The normalized spacial score (nSPS) is 14.0. The fourth-order valence-corrected chi connectivity index (χ4v) is 2.64. The SMILES string of the molecule is O=C(NCc1ccc(Cl)cc1Cl)N(CCCCO)C1CC1. The molecule has 2 amide bonds. The molecule has 0 bridgehead atoms. The van der Waals surface area contributed by atoms with Gasteiger partial charge in [0.2, 0.25) is 0 Å². The Morgan fingerprint density at radius 3 is 2.71 bits per heavy atom. The van der Waals surface area contributed by atoms with Crippen molar-refractivity contribution in [2.24, 2.45) is 0 Å². The minimum absolute atomic E-state index is 0.0681. The van der Waals surface area contributed by atoms with E-state index >= 15 is 0 Å². The van der Waals surface area contributed by atoms with Crippen LogP contribution in [0.2, 0.25) is 10.0 Å². The molecule has 1 saturated carbocycles. The van der Waals surface area contributed by atoms with Gasteiger partial charge in [0.15, 0.2) is 0 Å². The maximum atomic E-state index is 12.3. The van der Waals surface area contributed by atoms with Crippen molar-refractivity contribution in [1.29, 1.82) is 0 Å². The van der Waals surface area contributed by atoms with Crippen LogP contribution in [0.15, 0.2) is 18.2 Å². The van der Waals surface area contributed by atoms with E-state index in [9.17, 15) is 4.79 Å². The molecule has 1 aliphatic carbocycles.